The highest BCUT2D eigenvalue weighted by Crippen LogP contribution is 2.26. The van der Waals surface area contributed by atoms with Crippen molar-refractivity contribution in [2.75, 3.05) is 5.73 Å². The van der Waals surface area contributed by atoms with Gasteiger partial charge in [-0.05, 0) is 24.6 Å². The normalized spacial score (nSPS) is 10.9. The van der Waals surface area contributed by atoms with Crippen LogP contribution in [0.5, 0.6) is 0 Å². The van der Waals surface area contributed by atoms with Crippen molar-refractivity contribution in [1.29, 1.82) is 0 Å². The summed E-state index contributed by atoms with van der Waals surface area (Å²) in [7, 11) is 0. The molecule has 0 amide bonds. The molecule has 2 N–H and O–H groups in total. The molecule has 0 aliphatic rings. The molecule has 0 saturated heterocycles. The van der Waals surface area contributed by atoms with E-state index >= 15 is 0 Å². The van der Waals surface area contributed by atoms with Crippen LogP contribution in [0.4, 0.5) is 5.69 Å². The van der Waals surface area contributed by atoms with E-state index in [9.17, 15) is 0 Å². The van der Waals surface area contributed by atoms with Gasteiger partial charge >= 0.3 is 0 Å². The van der Waals surface area contributed by atoms with Crippen LogP contribution in [0.2, 0.25) is 0 Å². The molecule has 0 saturated carbocycles. The minimum Gasteiger partial charge on any atom is -0.398 e. The summed E-state index contributed by atoms with van der Waals surface area (Å²) in [5.41, 5.74) is 8.70. The Hall–Kier alpha value is -2.43. The molecule has 5 heteroatoms. The lowest BCUT2D eigenvalue weighted by Crippen LogP contribution is -1.97. The second-order valence-corrected chi connectivity index (χ2v) is 3.85. The van der Waals surface area contributed by atoms with Crippen molar-refractivity contribution in [3.8, 4) is 11.4 Å². The molecule has 5 nitrogen and oxygen atoms in total. The number of nitrogen functional groups attached to an aromatic ring is 1. The second kappa shape index (κ2) is 3.55. The summed E-state index contributed by atoms with van der Waals surface area (Å²) in [5, 5.41) is 8.15. The van der Waals surface area contributed by atoms with Crippen molar-refractivity contribution in [3.63, 3.8) is 0 Å². The van der Waals surface area contributed by atoms with Gasteiger partial charge in [-0.25, -0.2) is 4.98 Å². The van der Waals surface area contributed by atoms with E-state index in [2.05, 4.69) is 15.2 Å². The van der Waals surface area contributed by atoms with Gasteiger partial charge in [-0.2, -0.15) is 0 Å². The summed E-state index contributed by atoms with van der Waals surface area (Å²) < 4.78 is 1.82. The van der Waals surface area contributed by atoms with E-state index in [4.69, 9.17) is 5.73 Å². The van der Waals surface area contributed by atoms with E-state index in [0.29, 0.717) is 11.6 Å². The number of rotatable bonds is 1. The molecule has 0 radical (unpaired) electrons. The fourth-order valence-corrected chi connectivity index (χ4v) is 1.80. The summed E-state index contributed by atoms with van der Waals surface area (Å²) in [5.74, 6) is 1.29. The zero-order chi connectivity index (χ0) is 11.8. The monoisotopic (exact) mass is 225 g/mol. The van der Waals surface area contributed by atoms with Crippen LogP contribution in [0.25, 0.3) is 17.2 Å². The zero-order valence-electron chi connectivity index (χ0n) is 9.33. The Kier molecular flexibility index (Phi) is 2.04. The fourth-order valence-electron chi connectivity index (χ4n) is 1.80. The molecule has 0 aliphatic heterocycles. The van der Waals surface area contributed by atoms with Crippen molar-refractivity contribution in [2.24, 2.45) is 0 Å². The van der Waals surface area contributed by atoms with Crippen LogP contribution in [0, 0.1) is 6.92 Å². The van der Waals surface area contributed by atoms with Gasteiger partial charge in [0.2, 0.25) is 0 Å². The lowest BCUT2D eigenvalue weighted by Gasteiger charge is -2.06. The van der Waals surface area contributed by atoms with E-state index in [-0.39, 0.29) is 0 Å². The SMILES string of the molecule is Cc1cccc(-c2nnc3ncccn23)c1N. The first kappa shape index (κ1) is 9.77. The Morgan fingerprint density at radius 2 is 2.06 bits per heavy atom. The number of nitrogens with two attached hydrogens (primary N) is 1. The molecule has 0 unspecified atom stereocenters. The quantitative estimate of drug-likeness (QED) is 0.640. The Morgan fingerprint density at radius 3 is 2.94 bits per heavy atom. The predicted octanol–water partition coefficient (Wildman–Crippen LogP) is 1.68. The number of benzene rings is 1. The lowest BCUT2D eigenvalue weighted by molar-refractivity contribution is 1.10. The van der Waals surface area contributed by atoms with Crippen LogP contribution in [0.1, 0.15) is 5.56 Å². The standard InChI is InChI=1S/C12H11N5/c1-8-4-2-5-9(10(8)13)11-15-16-12-14-6-3-7-17(11)12/h2-7H,13H2,1H3. The number of para-hydroxylation sites is 1. The largest absolute Gasteiger partial charge is 0.398 e. The van der Waals surface area contributed by atoms with Gasteiger partial charge < -0.3 is 5.73 Å². The number of aromatic nitrogens is 4. The molecular weight excluding hydrogens is 214 g/mol. The zero-order valence-corrected chi connectivity index (χ0v) is 9.33. The second-order valence-electron chi connectivity index (χ2n) is 3.85. The number of nitrogens with zero attached hydrogens (tertiary/aromatic N) is 4. The van der Waals surface area contributed by atoms with E-state index in [1.807, 2.05) is 41.8 Å². The smallest absolute Gasteiger partial charge is 0.255 e. The molecule has 84 valence electrons. The van der Waals surface area contributed by atoms with E-state index in [0.717, 1.165) is 16.8 Å². The van der Waals surface area contributed by atoms with E-state index < -0.39 is 0 Å². The summed E-state index contributed by atoms with van der Waals surface area (Å²) >= 11 is 0. The maximum absolute atomic E-state index is 6.06. The molecule has 0 aliphatic carbocycles. The topological polar surface area (TPSA) is 69.1 Å². The van der Waals surface area contributed by atoms with Crippen molar-refractivity contribution < 1.29 is 0 Å². The van der Waals surface area contributed by atoms with Gasteiger partial charge in [0.05, 0.1) is 0 Å². The van der Waals surface area contributed by atoms with Gasteiger partial charge in [-0.1, -0.05) is 12.1 Å². The van der Waals surface area contributed by atoms with Crippen LogP contribution in [-0.2, 0) is 0 Å². The van der Waals surface area contributed by atoms with Gasteiger partial charge in [-0.3, -0.25) is 4.40 Å². The van der Waals surface area contributed by atoms with Crippen molar-refractivity contribution in [2.45, 2.75) is 6.92 Å². The van der Waals surface area contributed by atoms with Gasteiger partial charge in [0.15, 0.2) is 5.82 Å². The maximum Gasteiger partial charge on any atom is 0.255 e. The Bertz CT molecular complexity index is 686. The molecule has 0 spiro atoms. The third kappa shape index (κ3) is 1.44. The predicted molar refractivity (Wildman–Crippen MR) is 65.4 cm³/mol. The van der Waals surface area contributed by atoms with Crippen molar-refractivity contribution in [3.05, 3.63) is 42.2 Å². The highest BCUT2D eigenvalue weighted by molar-refractivity contribution is 5.75. The first-order valence-corrected chi connectivity index (χ1v) is 5.28. The van der Waals surface area contributed by atoms with Crippen molar-refractivity contribution in [1.82, 2.24) is 19.6 Å². The van der Waals surface area contributed by atoms with Crippen LogP contribution in [-0.4, -0.2) is 19.6 Å². The molecule has 0 fully saturated rings. The van der Waals surface area contributed by atoms with Crippen LogP contribution < -0.4 is 5.73 Å². The third-order valence-electron chi connectivity index (χ3n) is 2.75. The van der Waals surface area contributed by atoms with Gasteiger partial charge in [0, 0.05) is 23.6 Å². The molecule has 3 rings (SSSR count). The lowest BCUT2D eigenvalue weighted by atomic mass is 10.1. The Morgan fingerprint density at radius 1 is 1.18 bits per heavy atom. The fraction of sp³-hybridized carbons (Fsp3) is 0.0833. The maximum atomic E-state index is 6.06. The van der Waals surface area contributed by atoms with Crippen molar-refractivity contribution >= 4 is 11.5 Å². The molecule has 1 aromatic carbocycles. The van der Waals surface area contributed by atoms with Gasteiger partial charge in [0.1, 0.15) is 0 Å². The van der Waals surface area contributed by atoms with Gasteiger partial charge in [0.25, 0.3) is 5.78 Å². The Balaban J connectivity index is 2.31. The van der Waals surface area contributed by atoms with Gasteiger partial charge in [-0.15, -0.1) is 10.2 Å². The Labute approximate surface area is 97.9 Å². The van der Waals surface area contributed by atoms with E-state index in [1.54, 1.807) is 6.20 Å². The van der Waals surface area contributed by atoms with E-state index in [1.165, 1.54) is 0 Å². The van der Waals surface area contributed by atoms with Crippen LogP contribution in [0.3, 0.4) is 0 Å². The summed E-state index contributed by atoms with van der Waals surface area (Å²) in [6, 6.07) is 7.70. The highest BCUT2D eigenvalue weighted by Gasteiger charge is 2.11. The molecule has 0 atom stereocenters. The van der Waals surface area contributed by atoms with Crippen LogP contribution >= 0.6 is 0 Å². The summed E-state index contributed by atoms with van der Waals surface area (Å²) in [6.45, 7) is 1.97. The number of anilines is 1. The number of hydrogen-bond donors (Lipinski definition) is 1. The number of hydrogen-bond acceptors (Lipinski definition) is 4. The molecule has 17 heavy (non-hydrogen) atoms. The summed E-state index contributed by atoms with van der Waals surface area (Å²) in [6.07, 6.45) is 3.56. The average Bonchev–Trinajstić information content (AvgIpc) is 2.77. The number of fused-ring (bicyclic) bond motifs is 1. The highest BCUT2D eigenvalue weighted by atomic mass is 15.3. The third-order valence-corrected chi connectivity index (χ3v) is 2.75. The number of aryl methyl sites for hydroxylation is 1. The average molecular weight is 225 g/mol. The molecule has 3 aromatic rings. The summed E-state index contributed by atoms with van der Waals surface area (Å²) in [4.78, 5) is 4.13. The molecular formula is C12H11N5. The molecule has 2 heterocycles. The molecule has 2 aromatic heterocycles. The first-order chi connectivity index (χ1) is 8.27. The minimum atomic E-state index is 0.573. The van der Waals surface area contributed by atoms with Crippen LogP contribution in [0.15, 0.2) is 36.7 Å². The molecule has 0 bridgehead atoms. The minimum absolute atomic E-state index is 0.573. The first-order valence-electron chi connectivity index (χ1n) is 5.28.